The summed E-state index contributed by atoms with van der Waals surface area (Å²) in [6, 6.07) is 7.87. The molecule has 1 unspecified atom stereocenters. The molecule has 0 radical (unpaired) electrons. The summed E-state index contributed by atoms with van der Waals surface area (Å²) in [4.78, 5) is 13.7. The van der Waals surface area contributed by atoms with Crippen LogP contribution in [0.5, 0.6) is 0 Å². The number of aromatic nitrogens is 2. The number of likely N-dealkylation sites (N-methyl/N-ethyl adjacent to an activating group) is 1. The number of halogens is 1. The number of aryl methyl sites for hydroxylation is 1. The molecule has 0 bridgehead atoms. The molecule has 2 aromatic rings. The van der Waals surface area contributed by atoms with Gasteiger partial charge in [0.05, 0.1) is 11.7 Å². The molecule has 5 nitrogen and oxygen atoms in total. The fourth-order valence-electron chi connectivity index (χ4n) is 2.62. The lowest BCUT2D eigenvalue weighted by Gasteiger charge is -2.20. The highest BCUT2D eigenvalue weighted by Gasteiger charge is 2.16. The normalized spacial score (nSPS) is 12.2. The van der Waals surface area contributed by atoms with Crippen LogP contribution in [0.25, 0.3) is 11.3 Å². The fourth-order valence-corrected chi connectivity index (χ4v) is 2.62. The van der Waals surface area contributed by atoms with Crippen LogP contribution in [0.1, 0.15) is 31.9 Å². The third kappa shape index (κ3) is 4.89. The van der Waals surface area contributed by atoms with Crippen molar-refractivity contribution in [3.8, 4) is 11.3 Å². The van der Waals surface area contributed by atoms with E-state index < -0.39 is 6.04 Å². The molecule has 130 valence electrons. The molecule has 1 aromatic carbocycles. The molecule has 0 spiro atoms. The second kappa shape index (κ2) is 8.59. The molecule has 0 aliphatic heterocycles. The smallest absolute Gasteiger partial charge is 0.239 e. The van der Waals surface area contributed by atoms with Gasteiger partial charge in [-0.1, -0.05) is 25.5 Å². The Balaban J connectivity index is 1.84. The molecule has 1 amide bonds. The highest BCUT2D eigenvalue weighted by Crippen LogP contribution is 2.19. The van der Waals surface area contributed by atoms with E-state index in [1.54, 1.807) is 18.0 Å². The van der Waals surface area contributed by atoms with Crippen molar-refractivity contribution in [2.45, 2.75) is 38.6 Å². The van der Waals surface area contributed by atoms with Gasteiger partial charge < -0.3 is 10.6 Å². The Bertz CT molecular complexity index is 671. The number of nitrogens with zero attached hydrogens (tertiary/aromatic N) is 2. The first-order chi connectivity index (χ1) is 11.5. The Morgan fingerprint density at radius 2 is 2.21 bits per heavy atom. The van der Waals surface area contributed by atoms with Crippen molar-refractivity contribution >= 4 is 5.91 Å². The third-order valence-corrected chi connectivity index (χ3v) is 3.98. The minimum absolute atomic E-state index is 0.0121. The van der Waals surface area contributed by atoms with Crippen molar-refractivity contribution in [3.63, 3.8) is 0 Å². The number of hydrogen-bond acceptors (Lipinski definition) is 3. The van der Waals surface area contributed by atoms with E-state index >= 15 is 0 Å². The lowest BCUT2D eigenvalue weighted by Crippen LogP contribution is -2.42. The molecular formula is C18H25FN4O. The van der Waals surface area contributed by atoms with Crippen LogP contribution >= 0.6 is 0 Å². The van der Waals surface area contributed by atoms with E-state index in [2.05, 4.69) is 10.2 Å². The zero-order valence-corrected chi connectivity index (χ0v) is 14.3. The number of nitrogens with one attached hydrogen (secondary N) is 1. The Hall–Kier alpha value is -2.21. The van der Waals surface area contributed by atoms with E-state index in [4.69, 9.17) is 5.73 Å². The van der Waals surface area contributed by atoms with Crippen LogP contribution in [0.3, 0.4) is 0 Å². The highest BCUT2D eigenvalue weighted by molar-refractivity contribution is 5.81. The van der Waals surface area contributed by atoms with Gasteiger partial charge in [0.25, 0.3) is 0 Å². The average molecular weight is 332 g/mol. The number of amides is 1. The van der Waals surface area contributed by atoms with Crippen molar-refractivity contribution in [3.05, 3.63) is 41.8 Å². The minimum Gasteiger partial charge on any atom is -0.344 e. The summed E-state index contributed by atoms with van der Waals surface area (Å²) in [7, 11) is 1.78. The summed E-state index contributed by atoms with van der Waals surface area (Å²) in [5, 5.41) is 7.19. The molecule has 2 rings (SSSR count). The number of aromatic amines is 1. The highest BCUT2D eigenvalue weighted by atomic mass is 19.1. The Morgan fingerprint density at radius 3 is 2.92 bits per heavy atom. The van der Waals surface area contributed by atoms with Gasteiger partial charge in [-0.25, -0.2) is 4.39 Å². The number of nitrogens with two attached hydrogens (primary N) is 1. The second-order valence-electron chi connectivity index (χ2n) is 6.05. The molecule has 1 aromatic heterocycles. The van der Waals surface area contributed by atoms with Crippen molar-refractivity contribution in [1.82, 2.24) is 15.1 Å². The van der Waals surface area contributed by atoms with E-state index in [0.29, 0.717) is 13.0 Å². The largest absolute Gasteiger partial charge is 0.344 e. The Kier molecular flexibility index (Phi) is 6.49. The molecule has 0 aliphatic rings. The maximum Gasteiger partial charge on any atom is 0.239 e. The van der Waals surface area contributed by atoms with E-state index in [-0.39, 0.29) is 11.7 Å². The van der Waals surface area contributed by atoms with Crippen LogP contribution in [0.15, 0.2) is 30.3 Å². The maximum absolute atomic E-state index is 13.3. The zero-order chi connectivity index (χ0) is 17.5. The first-order valence-electron chi connectivity index (χ1n) is 8.32. The fraction of sp³-hybridized carbons (Fsp3) is 0.444. The van der Waals surface area contributed by atoms with Gasteiger partial charge in [0.15, 0.2) is 0 Å². The summed E-state index contributed by atoms with van der Waals surface area (Å²) >= 11 is 0. The molecule has 0 saturated carbocycles. The Morgan fingerprint density at radius 1 is 1.42 bits per heavy atom. The monoisotopic (exact) mass is 332 g/mol. The number of carbonyl (C=O) groups is 1. The van der Waals surface area contributed by atoms with Gasteiger partial charge in [-0.15, -0.1) is 0 Å². The molecule has 0 aliphatic carbocycles. The van der Waals surface area contributed by atoms with Crippen molar-refractivity contribution < 1.29 is 9.18 Å². The van der Waals surface area contributed by atoms with Gasteiger partial charge in [0.2, 0.25) is 5.91 Å². The molecule has 0 saturated heterocycles. The minimum atomic E-state index is -0.410. The Labute approximate surface area is 142 Å². The van der Waals surface area contributed by atoms with Gasteiger partial charge in [0, 0.05) is 24.8 Å². The molecule has 0 fully saturated rings. The molecule has 1 heterocycles. The quantitative estimate of drug-likeness (QED) is 0.780. The van der Waals surface area contributed by atoms with Crippen LogP contribution in [0.2, 0.25) is 0 Å². The summed E-state index contributed by atoms with van der Waals surface area (Å²) < 4.78 is 13.3. The third-order valence-electron chi connectivity index (χ3n) is 3.98. The predicted molar refractivity (Wildman–Crippen MR) is 92.8 cm³/mol. The number of benzene rings is 1. The number of carbonyl (C=O) groups excluding carboxylic acids is 1. The van der Waals surface area contributed by atoms with E-state index in [1.807, 2.05) is 19.1 Å². The van der Waals surface area contributed by atoms with Crippen LogP contribution < -0.4 is 5.73 Å². The standard InChI is InChI=1S/C18H25FN4O/c1-3-6-16(20)18(24)23(2)10-5-9-15-12-17(22-21-15)13-7-4-8-14(19)11-13/h4,7-8,11-12,16H,3,5-6,9-10,20H2,1-2H3,(H,21,22). The van der Waals surface area contributed by atoms with Crippen LogP contribution in [-0.4, -0.2) is 40.6 Å². The molecule has 24 heavy (non-hydrogen) atoms. The summed E-state index contributed by atoms with van der Waals surface area (Å²) in [6.45, 7) is 2.66. The van der Waals surface area contributed by atoms with Crippen molar-refractivity contribution in [1.29, 1.82) is 0 Å². The summed E-state index contributed by atoms with van der Waals surface area (Å²) in [5.74, 6) is -0.289. The van der Waals surface area contributed by atoms with Crippen molar-refractivity contribution in [2.75, 3.05) is 13.6 Å². The van der Waals surface area contributed by atoms with Gasteiger partial charge in [-0.2, -0.15) is 5.10 Å². The first kappa shape index (κ1) is 18.1. The molecule has 6 heteroatoms. The van der Waals surface area contributed by atoms with E-state index in [0.717, 1.165) is 36.2 Å². The van der Waals surface area contributed by atoms with Crippen LogP contribution in [0.4, 0.5) is 4.39 Å². The topological polar surface area (TPSA) is 75.0 Å². The number of H-pyrrole nitrogens is 1. The lowest BCUT2D eigenvalue weighted by molar-refractivity contribution is -0.131. The van der Waals surface area contributed by atoms with Gasteiger partial charge in [0.1, 0.15) is 5.82 Å². The number of hydrogen-bond donors (Lipinski definition) is 2. The SMILES string of the molecule is CCCC(N)C(=O)N(C)CCCc1cc(-c2cccc(F)c2)n[nH]1. The van der Waals surface area contributed by atoms with Crippen molar-refractivity contribution in [2.24, 2.45) is 5.73 Å². The van der Waals surface area contributed by atoms with Gasteiger partial charge in [-0.05, 0) is 37.5 Å². The zero-order valence-electron chi connectivity index (χ0n) is 14.3. The van der Waals surface area contributed by atoms with Gasteiger partial charge >= 0.3 is 0 Å². The first-order valence-corrected chi connectivity index (χ1v) is 8.32. The maximum atomic E-state index is 13.3. The number of rotatable bonds is 8. The van der Waals surface area contributed by atoms with E-state index in [9.17, 15) is 9.18 Å². The molecular weight excluding hydrogens is 307 g/mol. The molecule has 3 N–H and O–H groups in total. The predicted octanol–water partition coefficient (Wildman–Crippen LogP) is 2.73. The average Bonchev–Trinajstić information content (AvgIpc) is 3.03. The molecule has 1 atom stereocenters. The summed E-state index contributed by atoms with van der Waals surface area (Å²) in [5.41, 5.74) is 8.29. The van der Waals surface area contributed by atoms with Crippen LogP contribution in [-0.2, 0) is 11.2 Å². The van der Waals surface area contributed by atoms with Crippen LogP contribution in [0, 0.1) is 5.82 Å². The lowest BCUT2D eigenvalue weighted by atomic mass is 10.1. The van der Waals surface area contributed by atoms with E-state index in [1.165, 1.54) is 12.1 Å². The summed E-state index contributed by atoms with van der Waals surface area (Å²) in [6.07, 6.45) is 3.19. The second-order valence-corrected chi connectivity index (χ2v) is 6.05. The van der Waals surface area contributed by atoms with Gasteiger partial charge in [-0.3, -0.25) is 9.89 Å².